The maximum Gasteiger partial charge on any atom is 0.254 e. The molecule has 1 aromatic heterocycles. The van der Waals surface area contributed by atoms with Gasteiger partial charge in [-0.1, -0.05) is 29.3 Å². The van der Waals surface area contributed by atoms with E-state index < -0.39 is 0 Å². The normalized spacial score (nSPS) is 15.0. The van der Waals surface area contributed by atoms with Crippen LogP contribution in [0.2, 0.25) is 10.0 Å². The summed E-state index contributed by atoms with van der Waals surface area (Å²) in [4.78, 5) is 16.9. The van der Waals surface area contributed by atoms with E-state index in [1.807, 2.05) is 35.2 Å². The Hall–Kier alpha value is -2.24. The molecule has 0 saturated carbocycles. The molecule has 0 atom stereocenters. The minimum atomic E-state index is 0.0360. The molecule has 2 aromatic carbocycles. The highest BCUT2D eigenvalue weighted by Crippen LogP contribution is 2.29. The zero-order valence-corrected chi connectivity index (χ0v) is 14.9. The first-order valence-corrected chi connectivity index (χ1v) is 8.80. The van der Waals surface area contributed by atoms with E-state index >= 15 is 0 Å². The number of nitrogens with one attached hydrogen (secondary N) is 1. The molecule has 1 aliphatic rings. The third-order valence-corrected chi connectivity index (χ3v) is 5.07. The number of piperazine rings is 1. The number of carbonyl (C=O) groups is 1. The number of aromatic amines is 1. The van der Waals surface area contributed by atoms with Crippen molar-refractivity contribution in [1.29, 1.82) is 0 Å². The molecule has 0 radical (unpaired) electrons. The second-order valence-corrected chi connectivity index (χ2v) is 6.86. The van der Waals surface area contributed by atoms with Gasteiger partial charge in [0.25, 0.3) is 5.91 Å². The van der Waals surface area contributed by atoms with Crippen molar-refractivity contribution in [3.63, 3.8) is 0 Å². The fourth-order valence-corrected chi connectivity index (χ4v) is 3.74. The minimum Gasteiger partial charge on any atom is -0.367 e. The predicted molar refractivity (Wildman–Crippen MR) is 101 cm³/mol. The van der Waals surface area contributed by atoms with Gasteiger partial charge < -0.3 is 9.80 Å². The fourth-order valence-electron chi connectivity index (χ4n) is 3.21. The summed E-state index contributed by atoms with van der Waals surface area (Å²) >= 11 is 12.3. The number of hydrogen-bond donors (Lipinski definition) is 1. The van der Waals surface area contributed by atoms with E-state index in [0.717, 1.165) is 29.7 Å². The van der Waals surface area contributed by atoms with Crippen LogP contribution >= 0.6 is 23.2 Å². The van der Waals surface area contributed by atoms with Gasteiger partial charge in [0.15, 0.2) is 0 Å². The fraction of sp³-hybridized carbons (Fsp3) is 0.222. The molecule has 7 heteroatoms. The van der Waals surface area contributed by atoms with Crippen molar-refractivity contribution < 1.29 is 4.79 Å². The molecule has 1 N–H and O–H groups in total. The van der Waals surface area contributed by atoms with E-state index in [1.54, 1.807) is 12.3 Å². The molecule has 25 heavy (non-hydrogen) atoms. The topological polar surface area (TPSA) is 52.2 Å². The van der Waals surface area contributed by atoms with E-state index in [-0.39, 0.29) is 5.91 Å². The molecule has 1 saturated heterocycles. The van der Waals surface area contributed by atoms with Gasteiger partial charge in [0.1, 0.15) is 0 Å². The maximum absolute atomic E-state index is 12.9. The smallest absolute Gasteiger partial charge is 0.254 e. The molecule has 0 unspecified atom stereocenters. The Bertz CT molecular complexity index is 932. The number of nitrogens with zero attached hydrogens (tertiary/aromatic N) is 3. The minimum absolute atomic E-state index is 0.0360. The largest absolute Gasteiger partial charge is 0.367 e. The zero-order chi connectivity index (χ0) is 17.4. The van der Waals surface area contributed by atoms with E-state index in [9.17, 15) is 4.79 Å². The molecule has 3 aromatic rings. The Labute approximate surface area is 155 Å². The van der Waals surface area contributed by atoms with Crippen LogP contribution in [0.15, 0.2) is 42.6 Å². The lowest BCUT2D eigenvalue weighted by atomic mass is 10.1. The number of amides is 1. The van der Waals surface area contributed by atoms with Gasteiger partial charge in [0, 0.05) is 36.6 Å². The van der Waals surface area contributed by atoms with Gasteiger partial charge in [-0.3, -0.25) is 9.89 Å². The molecule has 5 nitrogen and oxygen atoms in total. The van der Waals surface area contributed by atoms with Crippen molar-refractivity contribution in [3.05, 3.63) is 58.2 Å². The van der Waals surface area contributed by atoms with Crippen LogP contribution in [-0.4, -0.2) is 47.2 Å². The summed E-state index contributed by atoms with van der Waals surface area (Å²) in [6.07, 6.45) is 1.70. The Morgan fingerprint density at radius 3 is 2.64 bits per heavy atom. The van der Waals surface area contributed by atoms with Crippen molar-refractivity contribution in [2.45, 2.75) is 0 Å². The van der Waals surface area contributed by atoms with E-state index in [4.69, 9.17) is 23.2 Å². The van der Waals surface area contributed by atoms with Gasteiger partial charge >= 0.3 is 0 Å². The van der Waals surface area contributed by atoms with Gasteiger partial charge in [-0.05, 0) is 30.3 Å². The van der Waals surface area contributed by atoms with Gasteiger partial charge in [-0.25, -0.2) is 0 Å². The van der Waals surface area contributed by atoms with E-state index in [0.29, 0.717) is 28.7 Å². The van der Waals surface area contributed by atoms with Crippen molar-refractivity contribution in [1.82, 2.24) is 15.1 Å². The SMILES string of the molecule is O=C(c1cccc2[nH]ncc12)N1CCN(c2ccc(Cl)cc2Cl)CC1. The predicted octanol–water partition coefficient (Wildman–Crippen LogP) is 3.83. The number of rotatable bonds is 2. The number of aromatic nitrogens is 2. The number of carbonyl (C=O) groups excluding carboxylic acids is 1. The second-order valence-electron chi connectivity index (χ2n) is 6.01. The molecule has 2 heterocycles. The number of H-pyrrole nitrogens is 1. The Morgan fingerprint density at radius 1 is 1.08 bits per heavy atom. The summed E-state index contributed by atoms with van der Waals surface area (Å²) < 4.78 is 0. The standard InChI is InChI=1S/C18H16Cl2N4O/c19-12-4-5-17(15(20)10-12)23-6-8-24(9-7-23)18(25)13-2-1-3-16-14(13)11-21-22-16/h1-5,10-11H,6-9H2,(H,21,22). The first-order chi connectivity index (χ1) is 12.1. The Morgan fingerprint density at radius 2 is 1.88 bits per heavy atom. The summed E-state index contributed by atoms with van der Waals surface area (Å²) in [7, 11) is 0. The summed E-state index contributed by atoms with van der Waals surface area (Å²) in [5.41, 5.74) is 2.51. The van der Waals surface area contributed by atoms with Gasteiger partial charge in [0.05, 0.1) is 28.0 Å². The molecule has 1 aliphatic heterocycles. The van der Waals surface area contributed by atoms with Gasteiger partial charge in [-0.2, -0.15) is 5.10 Å². The average Bonchev–Trinajstić information content (AvgIpc) is 3.10. The third-order valence-electron chi connectivity index (χ3n) is 4.53. The van der Waals surface area contributed by atoms with Gasteiger partial charge in [0.2, 0.25) is 0 Å². The monoisotopic (exact) mass is 374 g/mol. The van der Waals surface area contributed by atoms with Crippen molar-refractivity contribution in [2.24, 2.45) is 0 Å². The molecule has 0 aliphatic carbocycles. The maximum atomic E-state index is 12.9. The summed E-state index contributed by atoms with van der Waals surface area (Å²) in [5.74, 6) is 0.0360. The summed E-state index contributed by atoms with van der Waals surface area (Å²) in [5, 5.41) is 9.04. The Balaban J connectivity index is 1.50. The number of hydrogen-bond acceptors (Lipinski definition) is 3. The van der Waals surface area contributed by atoms with Crippen LogP contribution in [0.5, 0.6) is 0 Å². The van der Waals surface area contributed by atoms with Crippen molar-refractivity contribution in [3.8, 4) is 0 Å². The lowest BCUT2D eigenvalue weighted by Crippen LogP contribution is -2.48. The van der Waals surface area contributed by atoms with Crippen LogP contribution in [0.25, 0.3) is 10.9 Å². The van der Waals surface area contributed by atoms with E-state index in [2.05, 4.69) is 15.1 Å². The molecule has 128 valence electrons. The van der Waals surface area contributed by atoms with Gasteiger partial charge in [-0.15, -0.1) is 0 Å². The van der Waals surface area contributed by atoms with Crippen LogP contribution in [0.1, 0.15) is 10.4 Å². The van der Waals surface area contributed by atoms with Crippen LogP contribution in [0.4, 0.5) is 5.69 Å². The molecule has 1 amide bonds. The molecule has 4 rings (SSSR count). The summed E-state index contributed by atoms with van der Waals surface area (Å²) in [6, 6.07) is 11.1. The second kappa shape index (κ2) is 6.58. The number of anilines is 1. The Kier molecular flexibility index (Phi) is 4.27. The number of halogens is 2. The highest BCUT2D eigenvalue weighted by molar-refractivity contribution is 6.36. The van der Waals surface area contributed by atoms with Crippen LogP contribution in [0.3, 0.4) is 0 Å². The molecular weight excluding hydrogens is 359 g/mol. The number of benzene rings is 2. The lowest BCUT2D eigenvalue weighted by molar-refractivity contribution is 0.0749. The van der Waals surface area contributed by atoms with Crippen LogP contribution in [0, 0.1) is 0 Å². The van der Waals surface area contributed by atoms with E-state index in [1.165, 1.54) is 0 Å². The average molecular weight is 375 g/mol. The molecule has 0 spiro atoms. The zero-order valence-electron chi connectivity index (χ0n) is 13.4. The van der Waals surface area contributed by atoms with Crippen molar-refractivity contribution in [2.75, 3.05) is 31.1 Å². The summed E-state index contributed by atoms with van der Waals surface area (Å²) in [6.45, 7) is 2.75. The highest BCUT2D eigenvalue weighted by Gasteiger charge is 2.24. The van der Waals surface area contributed by atoms with Crippen LogP contribution in [-0.2, 0) is 0 Å². The number of fused-ring (bicyclic) bond motifs is 1. The first-order valence-electron chi connectivity index (χ1n) is 8.05. The third kappa shape index (κ3) is 3.05. The quantitative estimate of drug-likeness (QED) is 0.741. The molecular formula is C18H16Cl2N4O. The lowest BCUT2D eigenvalue weighted by Gasteiger charge is -2.36. The molecule has 0 bridgehead atoms. The first kappa shape index (κ1) is 16.2. The molecule has 1 fully saturated rings. The van der Waals surface area contributed by atoms with Crippen molar-refractivity contribution >= 4 is 45.7 Å². The highest BCUT2D eigenvalue weighted by atomic mass is 35.5. The van der Waals surface area contributed by atoms with Crippen LogP contribution < -0.4 is 4.90 Å².